The lowest BCUT2D eigenvalue weighted by atomic mass is 9.87. The molecular weight excluding hydrogens is 459 g/mol. The van der Waals surface area contributed by atoms with E-state index in [1.807, 2.05) is 0 Å². The molecule has 0 heterocycles. The van der Waals surface area contributed by atoms with E-state index < -0.39 is 29.2 Å². The fourth-order valence-electron chi connectivity index (χ4n) is 3.71. The van der Waals surface area contributed by atoms with Crippen molar-refractivity contribution in [3.8, 4) is 0 Å². The fraction of sp³-hybridized carbons (Fsp3) is 0.667. The molecular formula is C27H40F3NO4. The number of aliphatic carboxylic acids is 1. The largest absolute Gasteiger partial charge is 0.480 e. The van der Waals surface area contributed by atoms with E-state index in [1.54, 1.807) is 32.9 Å². The zero-order valence-corrected chi connectivity index (χ0v) is 21.2. The quantitative estimate of drug-likeness (QED) is 0.247. The van der Waals surface area contributed by atoms with E-state index in [2.05, 4.69) is 5.32 Å². The standard InChI is InChI=1S/C27H40F3NO4/c1-26(2,3)23(32)19-18-22(25(34)35)31-24(33)13-11-9-7-5-4-6-8-10-12-20-14-16-21(17-15-20)27(28,29)30/h14-17,22H,4-13,18-19H2,1-3H3,(H,31,33)(H,34,35)/t22-/m0/s1. The molecule has 0 aromatic heterocycles. The molecule has 0 fully saturated rings. The van der Waals surface area contributed by atoms with Crippen LogP contribution in [0, 0.1) is 5.41 Å². The van der Waals surface area contributed by atoms with Crippen LogP contribution < -0.4 is 5.32 Å². The number of Topliss-reactive ketones (excluding diaryl/α,β-unsaturated/α-hetero) is 1. The van der Waals surface area contributed by atoms with Crippen molar-refractivity contribution in [2.45, 2.75) is 110 Å². The molecule has 0 saturated heterocycles. The Kier molecular flexibility index (Phi) is 13.0. The third-order valence-corrected chi connectivity index (χ3v) is 6.03. The number of halogens is 3. The average molecular weight is 500 g/mol. The number of carboxylic acid groups (broad SMARTS) is 1. The molecule has 198 valence electrons. The van der Waals surface area contributed by atoms with Crippen LogP contribution in [0.25, 0.3) is 0 Å². The number of hydrogen-bond acceptors (Lipinski definition) is 3. The molecule has 0 saturated carbocycles. The lowest BCUT2D eigenvalue weighted by Gasteiger charge is -2.19. The van der Waals surface area contributed by atoms with Crippen molar-refractivity contribution in [3.05, 3.63) is 35.4 Å². The maximum absolute atomic E-state index is 12.6. The first kappa shape index (κ1) is 30.7. The molecule has 1 atom stereocenters. The van der Waals surface area contributed by atoms with Crippen molar-refractivity contribution in [1.29, 1.82) is 0 Å². The van der Waals surface area contributed by atoms with Gasteiger partial charge in [0.2, 0.25) is 5.91 Å². The number of carboxylic acids is 1. The topological polar surface area (TPSA) is 83.5 Å². The van der Waals surface area contributed by atoms with Gasteiger partial charge >= 0.3 is 12.1 Å². The maximum atomic E-state index is 12.6. The summed E-state index contributed by atoms with van der Waals surface area (Å²) in [5.41, 5.74) is -0.227. The van der Waals surface area contributed by atoms with Gasteiger partial charge in [0.15, 0.2) is 0 Å². The molecule has 1 amide bonds. The summed E-state index contributed by atoms with van der Waals surface area (Å²) in [7, 11) is 0. The van der Waals surface area contributed by atoms with Crippen LogP contribution in [-0.4, -0.2) is 28.8 Å². The Hall–Kier alpha value is -2.38. The van der Waals surface area contributed by atoms with Crippen molar-refractivity contribution in [2.75, 3.05) is 0 Å². The van der Waals surface area contributed by atoms with E-state index in [9.17, 15) is 32.7 Å². The second kappa shape index (κ2) is 14.9. The van der Waals surface area contributed by atoms with Gasteiger partial charge in [-0.2, -0.15) is 13.2 Å². The Morgan fingerprint density at radius 2 is 1.34 bits per heavy atom. The monoisotopic (exact) mass is 499 g/mol. The predicted molar refractivity (Wildman–Crippen MR) is 130 cm³/mol. The van der Waals surface area contributed by atoms with Crippen LogP contribution in [0.3, 0.4) is 0 Å². The normalized spacial score (nSPS) is 12.9. The number of hydrogen-bond donors (Lipinski definition) is 2. The Morgan fingerprint density at radius 1 is 0.829 bits per heavy atom. The summed E-state index contributed by atoms with van der Waals surface area (Å²) in [6, 6.07) is 4.31. The SMILES string of the molecule is CC(C)(C)C(=O)CC[C@H](NC(=O)CCCCCCCCCCc1ccc(C(F)(F)F)cc1)C(=O)O. The van der Waals surface area contributed by atoms with E-state index >= 15 is 0 Å². The summed E-state index contributed by atoms with van der Waals surface area (Å²) < 4.78 is 37.7. The molecule has 1 aromatic carbocycles. The number of amides is 1. The number of ketones is 1. The highest BCUT2D eigenvalue weighted by Gasteiger charge is 2.30. The number of unbranched alkanes of at least 4 members (excludes halogenated alkanes) is 7. The minimum atomic E-state index is -4.29. The molecule has 0 aliphatic rings. The van der Waals surface area contributed by atoms with E-state index in [4.69, 9.17) is 0 Å². The van der Waals surface area contributed by atoms with Gasteiger partial charge in [-0.15, -0.1) is 0 Å². The first-order valence-electron chi connectivity index (χ1n) is 12.5. The first-order valence-corrected chi connectivity index (χ1v) is 12.5. The van der Waals surface area contributed by atoms with Gasteiger partial charge in [-0.3, -0.25) is 9.59 Å². The van der Waals surface area contributed by atoms with E-state index in [-0.39, 0.29) is 31.0 Å². The summed E-state index contributed by atoms with van der Waals surface area (Å²) in [4.78, 5) is 35.5. The minimum Gasteiger partial charge on any atom is -0.480 e. The number of aryl methyl sites for hydroxylation is 1. The van der Waals surface area contributed by atoms with E-state index in [0.717, 1.165) is 69.1 Å². The number of rotatable bonds is 16. The molecule has 0 aliphatic carbocycles. The summed E-state index contributed by atoms with van der Waals surface area (Å²) in [5.74, 6) is -1.46. The van der Waals surface area contributed by atoms with Gasteiger partial charge in [-0.1, -0.05) is 71.4 Å². The van der Waals surface area contributed by atoms with Crippen LogP contribution in [0.5, 0.6) is 0 Å². The first-order chi connectivity index (χ1) is 16.3. The van der Waals surface area contributed by atoms with Crippen molar-refractivity contribution in [2.24, 2.45) is 5.41 Å². The van der Waals surface area contributed by atoms with E-state index in [1.165, 1.54) is 0 Å². The lowest BCUT2D eigenvalue weighted by molar-refractivity contribution is -0.142. The highest BCUT2D eigenvalue weighted by molar-refractivity contribution is 5.86. The predicted octanol–water partition coefficient (Wildman–Crippen LogP) is 6.72. The van der Waals surface area contributed by atoms with Crippen LogP contribution in [0.1, 0.15) is 103 Å². The van der Waals surface area contributed by atoms with Gasteiger partial charge in [0.25, 0.3) is 0 Å². The number of nitrogens with one attached hydrogen (secondary N) is 1. The van der Waals surface area contributed by atoms with E-state index in [0.29, 0.717) is 6.42 Å². The molecule has 1 aromatic rings. The summed E-state index contributed by atoms with van der Waals surface area (Å²) in [5, 5.41) is 11.8. The van der Waals surface area contributed by atoms with Crippen molar-refractivity contribution in [3.63, 3.8) is 0 Å². The third-order valence-electron chi connectivity index (χ3n) is 6.03. The Morgan fingerprint density at radius 3 is 1.83 bits per heavy atom. The fourth-order valence-corrected chi connectivity index (χ4v) is 3.71. The van der Waals surface area contributed by atoms with Crippen LogP contribution >= 0.6 is 0 Å². The maximum Gasteiger partial charge on any atom is 0.416 e. The summed E-state index contributed by atoms with van der Waals surface area (Å²) in [6.07, 6.45) is 4.68. The molecule has 1 rings (SSSR count). The van der Waals surface area contributed by atoms with Crippen molar-refractivity contribution < 1.29 is 32.7 Å². The van der Waals surface area contributed by atoms with Crippen molar-refractivity contribution >= 4 is 17.7 Å². The van der Waals surface area contributed by atoms with Crippen LogP contribution in [0.15, 0.2) is 24.3 Å². The summed E-state index contributed by atoms with van der Waals surface area (Å²) in [6.45, 7) is 5.35. The molecule has 5 nitrogen and oxygen atoms in total. The molecule has 8 heteroatoms. The molecule has 0 bridgehead atoms. The Balaban J connectivity index is 2.09. The van der Waals surface area contributed by atoms with Gasteiger partial charge in [0.1, 0.15) is 11.8 Å². The molecule has 0 unspecified atom stereocenters. The van der Waals surface area contributed by atoms with Gasteiger partial charge in [-0.05, 0) is 43.4 Å². The Labute approximate surface area is 206 Å². The number of carbonyl (C=O) groups excluding carboxylic acids is 2. The highest BCUT2D eigenvalue weighted by Crippen LogP contribution is 2.29. The smallest absolute Gasteiger partial charge is 0.416 e. The lowest BCUT2D eigenvalue weighted by Crippen LogP contribution is -2.41. The average Bonchev–Trinajstić information content (AvgIpc) is 2.76. The third kappa shape index (κ3) is 13.3. The molecule has 35 heavy (non-hydrogen) atoms. The van der Waals surface area contributed by atoms with Crippen LogP contribution in [-0.2, 0) is 27.0 Å². The molecule has 2 N–H and O–H groups in total. The zero-order chi connectivity index (χ0) is 26.5. The zero-order valence-electron chi connectivity index (χ0n) is 21.2. The Bertz CT molecular complexity index is 798. The molecule has 0 radical (unpaired) electrons. The van der Waals surface area contributed by atoms with Gasteiger partial charge in [0.05, 0.1) is 5.56 Å². The van der Waals surface area contributed by atoms with Crippen molar-refractivity contribution in [1.82, 2.24) is 5.32 Å². The second-order valence-electron chi connectivity index (χ2n) is 10.2. The van der Waals surface area contributed by atoms with Crippen LogP contribution in [0.2, 0.25) is 0 Å². The second-order valence-corrected chi connectivity index (χ2v) is 10.2. The minimum absolute atomic E-state index is 0.0300. The van der Waals surface area contributed by atoms with Gasteiger partial charge < -0.3 is 10.4 Å². The van der Waals surface area contributed by atoms with Gasteiger partial charge in [-0.25, -0.2) is 4.79 Å². The highest BCUT2D eigenvalue weighted by atomic mass is 19.4. The molecule has 0 spiro atoms. The number of carbonyl (C=O) groups is 3. The van der Waals surface area contributed by atoms with Gasteiger partial charge in [0, 0.05) is 18.3 Å². The summed E-state index contributed by atoms with van der Waals surface area (Å²) >= 11 is 0. The molecule has 0 aliphatic heterocycles. The number of alkyl halides is 3. The number of benzene rings is 1. The van der Waals surface area contributed by atoms with Crippen LogP contribution in [0.4, 0.5) is 13.2 Å².